The second-order valence-electron chi connectivity index (χ2n) is 13.2. The van der Waals surface area contributed by atoms with Crippen LogP contribution in [0.5, 0.6) is 0 Å². The van der Waals surface area contributed by atoms with Gasteiger partial charge in [0.05, 0.1) is 11.2 Å². The van der Waals surface area contributed by atoms with Gasteiger partial charge >= 0.3 is 18.2 Å². The van der Waals surface area contributed by atoms with Gasteiger partial charge in [0.25, 0.3) is 5.91 Å². The summed E-state index contributed by atoms with van der Waals surface area (Å²) in [6, 6.07) is 13.1. The fourth-order valence-electron chi connectivity index (χ4n) is 6.24. The van der Waals surface area contributed by atoms with Gasteiger partial charge in [0.1, 0.15) is 17.2 Å². The van der Waals surface area contributed by atoms with E-state index < -0.39 is 35.4 Å². The number of carbonyl (C=O) groups is 5. The SMILES string of the molecule is CC(C)C(NC(=O)OC(C)(C)C)C(=O)N1CCC2(CC1)C(=O)N(C)C(=O)N2c1ccc2c(c1)c(Cc1ccccc1)nn2C(=O)O. The van der Waals surface area contributed by atoms with Gasteiger partial charge in [0.15, 0.2) is 0 Å². The van der Waals surface area contributed by atoms with Crippen molar-refractivity contribution in [3.63, 3.8) is 0 Å². The maximum atomic E-state index is 13.7. The molecule has 2 N–H and O–H groups in total. The number of likely N-dealkylation sites (tertiary alicyclic amines) is 1. The number of benzene rings is 2. The molecule has 1 unspecified atom stereocenters. The molecule has 0 saturated carbocycles. The zero-order valence-corrected chi connectivity index (χ0v) is 26.9. The fourth-order valence-corrected chi connectivity index (χ4v) is 6.24. The van der Waals surface area contributed by atoms with E-state index in [9.17, 15) is 29.1 Å². The summed E-state index contributed by atoms with van der Waals surface area (Å²) in [5.74, 6) is -0.889. The molecule has 0 aliphatic carbocycles. The number of imide groups is 1. The Morgan fingerprint density at radius 2 is 1.70 bits per heavy atom. The van der Waals surface area contributed by atoms with Gasteiger partial charge in [0.2, 0.25) is 5.91 Å². The van der Waals surface area contributed by atoms with Gasteiger partial charge in [-0.05, 0) is 63.3 Å². The number of likely N-dealkylation sites (N-methyl/N-ethyl adjacent to an activating group) is 1. The first-order chi connectivity index (χ1) is 21.6. The topological polar surface area (TPSA) is 154 Å². The summed E-state index contributed by atoms with van der Waals surface area (Å²) in [6.07, 6.45) is -1.21. The number of aromatic nitrogens is 2. The molecule has 13 heteroatoms. The maximum Gasteiger partial charge on any atom is 0.432 e. The predicted molar refractivity (Wildman–Crippen MR) is 170 cm³/mol. The smallest absolute Gasteiger partial charge is 0.432 e. The average Bonchev–Trinajstić information content (AvgIpc) is 3.44. The number of piperidine rings is 1. The molecule has 2 aliphatic rings. The van der Waals surface area contributed by atoms with Gasteiger partial charge in [-0.1, -0.05) is 44.2 Å². The quantitative estimate of drug-likeness (QED) is 0.378. The predicted octanol–water partition coefficient (Wildman–Crippen LogP) is 4.46. The van der Waals surface area contributed by atoms with Crippen molar-refractivity contribution in [3.05, 3.63) is 59.8 Å². The Labute approximate surface area is 267 Å². The number of anilines is 1. The number of urea groups is 1. The van der Waals surface area contributed by atoms with E-state index in [2.05, 4.69) is 10.4 Å². The van der Waals surface area contributed by atoms with E-state index in [1.165, 1.54) is 11.9 Å². The minimum Gasteiger partial charge on any atom is -0.463 e. The normalized spacial score (nSPS) is 17.2. The van der Waals surface area contributed by atoms with Gasteiger partial charge in [-0.3, -0.25) is 19.4 Å². The molecule has 46 heavy (non-hydrogen) atoms. The monoisotopic (exact) mass is 632 g/mol. The first kappa shape index (κ1) is 32.5. The van der Waals surface area contributed by atoms with Crippen LogP contribution in [0.25, 0.3) is 10.9 Å². The molecular formula is C33H40N6O7. The zero-order valence-electron chi connectivity index (χ0n) is 26.9. The van der Waals surface area contributed by atoms with Gasteiger partial charge < -0.3 is 20.1 Å². The Balaban J connectivity index is 1.44. The van der Waals surface area contributed by atoms with E-state index in [-0.39, 0.29) is 43.7 Å². The molecule has 5 rings (SSSR count). The molecule has 2 fully saturated rings. The standard InChI is InChI=1S/C33H40N6O7/c1-20(2)26(34-29(42)46-32(3,4)5)27(40)37-16-14-33(15-17-37)28(41)36(6)30(43)38(33)22-12-13-25-23(19-22)24(35-39(25)31(44)45)18-21-10-8-7-9-11-21/h7-13,19-20,26H,14-18H2,1-6H3,(H,34,42)(H,44,45). The number of rotatable bonds is 6. The van der Waals surface area contributed by atoms with Crippen LogP contribution in [-0.4, -0.2) is 92.0 Å². The molecule has 3 aromatic rings. The number of amides is 5. The third-order valence-electron chi connectivity index (χ3n) is 8.51. The minimum absolute atomic E-state index is 0.175. The van der Waals surface area contributed by atoms with E-state index >= 15 is 0 Å². The highest BCUT2D eigenvalue weighted by Crippen LogP contribution is 2.41. The van der Waals surface area contributed by atoms with Crippen LogP contribution in [0.15, 0.2) is 48.5 Å². The number of carboxylic acid groups (broad SMARTS) is 1. The van der Waals surface area contributed by atoms with E-state index in [1.54, 1.807) is 43.9 Å². The lowest BCUT2D eigenvalue weighted by Gasteiger charge is -2.43. The summed E-state index contributed by atoms with van der Waals surface area (Å²) < 4.78 is 6.28. The van der Waals surface area contributed by atoms with Gasteiger partial charge in [-0.2, -0.15) is 9.78 Å². The molecule has 1 atom stereocenters. The number of nitrogens with zero attached hydrogens (tertiary/aromatic N) is 5. The zero-order chi connectivity index (χ0) is 33.6. The Kier molecular flexibility index (Phi) is 8.54. The first-order valence-electron chi connectivity index (χ1n) is 15.3. The highest BCUT2D eigenvalue weighted by atomic mass is 16.6. The molecular weight excluding hydrogens is 592 g/mol. The lowest BCUT2D eigenvalue weighted by Crippen LogP contribution is -2.60. The highest BCUT2D eigenvalue weighted by Gasteiger charge is 2.58. The largest absolute Gasteiger partial charge is 0.463 e. The number of hydrogen-bond acceptors (Lipinski definition) is 7. The lowest BCUT2D eigenvalue weighted by molar-refractivity contribution is -0.139. The molecule has 13 nitrogen and oxygen atoms in total. The number of alkyl carbamates (subject to hydrolysis) is 1. The Hall–Kier alpha value is -4.94. The fraction of sp³-hybridized carbons (Fsp3) is 0.455. The summed E-state index contributed by atoms with van der Waals surface area (Å²) in [5.41, 5.74) is 0.273. The van der Waals surface area contributed by atoms with Crippen LogP contribution < -0.4 is 10.2 Å². The summed E-state index contributed by atoms with van der Waals surface area (Å²) in [4.78, 5) is 69.7. The van der Waals surface area contributed by atoms with Crippen molar-refractivity contribution < 1.29 is 33.8 Å². The Morgan fingerprint density at radius 1 is 1.04 bits per heavy atom. The second kappa shape index (κ2) is 12.1. The van der Waals surface area contributed by atoms with Crippen molar-refractivity contribution in [2.24, 2.45) is 5.92 Å². The van der Waals surface area contributed by atoms with E-state index in [4.69, 9.17) is 4.74 Å². The summed E-state index contributed by atoms with van der Waals surface area (Å²) in [7, 11) is 1.44. The minimum atomic E-state index is -1.25. The number of ether oxygens (including phenoxy) is 1. The highest BCUT2D eigenvalue weighted by molar-refractivity contribution is 6.17. The van der Waals surface area contributed by atoms with Crippen LogP contribution in [-0.2, 0) is 20.7 Å². The third-order valence-corrected chi connectivity index (χ3v) is 8.51. The van der Waals surface area contributed by atoms with Crippen LogP contribution in [0.2, 0.25) is 0 Å². The molecule has 1 spiro atoms. The Bertz CT molecular complexity index is 1690. The molecule has 0 radical (unpaired) electrons. The summed E-state index contributed by atoms with van der Waals surface area (Å²) >= 11 is 0. The Morgan fingerprint density at radius 3 is 2.28 bits per heavy atom. The van der Waals surface area contributed by atoms with E-state index in [0.29, 0.717) is 28.7 Å². The number of nitrogens with one attached hydrogen (secondary N) is 1. The number of fused-ring (bicyclic) bond motifs is 1. The summed E-state index contributed by atoms with van der Waals surface area (Å²) in [6.45, 7) is 9.24. The van der Waals surface area contributed by atoms with E-state index in [0.717, 1.165) is 15.1 Å². The average molecular weight is 633 g/mol. The van der Waals surface area contributed by atoms with E-state index in [1.807, 2.05) is 44.2 Å². The number of carbonyl (C=O) groups excluding carboxylic acids is 4. The molecule has 1 aromatic heterocycles. The van der Waals surface area contributed by atoms with Gasteiger partial charge in [0, 0.05) is 37.6 Å². The van der Waals surface area contributed by atoms with Crippen molar-refractivity contribution >= 4 is 46.6 Å². The van der Waals surface area contributed by atoms with Crippen LogP contribution in [0.1, 0.15) is 58.7 Å². The van der Waals surface area contributed by atoms with Gasteiger partial charge in [-0.25, -0.2) is 14.4 Å². The maximum absolute atomic E-state index is 13.7. The van der Waals surface area contributed by atoms with Crippen LogP contribution in [0.4, 0.5) is 20.1 Å². The molecule has 3 heterocycles. The van der Waals surface area contributed by atoms with Crippen LogP contribution in [0, 0.1) is 5.92 Å². The molecule has 2 aliphatic heterocycles. The van der Waals surface area contributed by atoms with Crippen molar-refractivity contribution in [2.75, 3.05) is 25.0 Å². The van der Waals surface area contributed by atoms with Crippen molar-refractivity contribution in [2.45, 2.75) is 71.1 Å². The van der Waals surface area contributed by atoms with Crippen LogP contribution in [0.3, 0.4) is 0 Å². The molecule has 2 saturated heterocycles. The first-order valence-corrected chi connectivity index (χ1v) is 15.3. The third kappa shape index (κ3) is 6.01. The number of hydrogen-bond donors (Lipinski definition) is 2. The lowest BCUT2D eigenvalue weighted by atomic mass is 9.85. The molecule has 0 bridgehead atoms. The van der Waals surface area contributed by atoms with Gasteiger partial charge in [-0.15, -0.1) is 0 Å². The van der Waals surface area contributed by atoms with Crippen LogP contribution >= 0.6 is 0 Å². The van der Waals surface area contributed by atoms with Crippen molar-refractivity contribution in [3.8, 4) is 0 Å². The molecule has 244 valence electrons. The molecule has 5 amide bonds. The van der Waals surface area contributed by atoms with Crippen molar-refractivity contribution in [1.29, 1.82) is 0 Å². The molecule has 2 aromatic carbocycles. The summed E-state index contributed by atoms with van der Waals surface area (Å²) in [5, 5.41) is 17.4. The second-order valence-corrected chi connectivity index (χ2v) is 13.2. The van der Waals surface area contributed by atoms with Crippen molar-refractivity contribution in [1.82, 2.24) is 24.9 Å².